The molecule has 0 fully saturated rings. The summed E-state index contributed by atoms with van der Waals surface area (Å²) in [6, 6.07) is 6.78. The lowest BCUT2D eigenvalue weighted by molar-refractivity contribution is 0.411. The van der Waals surface area contributed by atoms with Gasteiger partial charge in [-0.05, 0) is 50.1 Å². The largest absolute Gasteiger partial charge is 0.497 e. The predicted octanol–water partition coefficient (Wildman–Crippen LogP) is 3.83. The van der Waals surface area contributed by atoms with Crippen LogP contribution < -0.4 is 10.1 Å². The van der Waals surface area contributed by atoms with Crippen LogP contribution in [0.5, 0.6) is 5.75 Å². The van der Waals surface area contributed by atoms with Gasteiger partial charge in [-0.2, -0.15) is 0 Å². The van der Waals surface area contributed by atoms with Crippen LogP contribution in [0, 0.1) is 6.92 Å². The van der Waals surface area contributed by atoms with E-state index in [-0.39, 0.29) is 0 Å². The fraction of sp³-hybridized carbons (Fsp3) is 0.438. The lowest BCUT2D eigenvalue weighted by Crippen LogP contribution is -2.32. The number of hydrogen-bond acceptors (Lipinski definition) is 5. The predicted molar refractivity (Wildman–Crippen MR) is 89.6 cm³/mol. The van der Waals surface area contributed by atoms with Crippen LogP contribution in [-0.2, 0) is 6.42 Å². The van der Waals surface area contributed by atoms with E-state index < -0.39 is 0 Å². The topological polar surface area (TPSA) is 34.1 Å². The monoisotopic (exact) mass is 320 g/mol. The van der Waals surface area contributed by atoms with Crippen molar-refractivity contribution in [2.45, 2.75) is 35.4 Å². The number of thioether (sulfide) groups is 1. The summed E-state index contributed by atoms with van der Waals surface area (Å²) in [5.41, 5.74) is 3.91. The van der Waals surface area contributed by atoms with Gasteiger partial charge in [-0.1, -0.05) is 17.8 Å². The quantitative estimate of drug-likeness (QED) is 0.928. The van der Waals surface area contributed by atoms with Gasteiger partial charge in [0, 0.05) is 22.4 Å². The first-order chi connectivity index (χ1) is 10.2. The minimum absolute atomic E-state index is 0.345. The Kier molecular flexibility index (Phi) is 4.52. The zero-order valence-corrected chi connectivity index (χ0v) is 14.2. The fourth-order valence-corrected chi connectivity index (χ4v) is 5.23. The summed E-state index contributed by atoms with van der Waals surface area (Å²) in [4.78, 5) is 4.59. The van der Waals surface area contributed by atoms with E-state index in [2.05, 4.69) is 40.8 Å². The summed E-state index contributed by atoms with van der Waals surface area (Å²) >= 11 is 3.64. The van der Waals surface area contributed by atoms with Gasteiger partial charge in [-0.3, -0.25) is 0 Å². The molecule has 2 aromatic rings. The van der Waals surface area contributed by atoms with E-state index in [1.165, 1.54) is 21.9 Å². The third-order valence-electron chi connectivity index (χ3n) is 3.92. The second kappa shape index (κ2) is 6.38. The lowest BCUT2D eigenvalue weighted by Gasteiger charge is -2.32. The molecule has 0 bridgehead atoms. The van der Waals surface area contributed by atoms with Gasteiger partial charge < -0.3 is 10.1 Å². The lowest BCUT2D eigenvalue weighted by atomic mass is 9.87. The van der Waals surface area contributed by atoms with E-state index in [0.717, 1.165) is 17.9 Å². The summed E-state index contributed by atoms with van der Waals surface area (Å²) in [5.74, 6) is 0.935. The highest BCUT2D eigenvalue weighted by Crippen LogP contribution is 2.41. The first kappa shape index (κ1) is 14.9. The number of aryl methyl sites for hydroxylation is 2. The maximum absolute atomic E-state index is 5.39. The highest BCUT2D eigenvalue weighted by Gasteiger charge is 2.30. The Morgan fingerprint density at radius 1 is 1.43 bits per heavy atom. The Labute approximate surface area is 134 Å². The molecule has 1 aliphatic carbocycles. The maximum Gasteiger partial charge on any atom is 0.150 e. The molecular formula is C16H20N2OS2. The summed E-state index contributed by atoms with van der Waals surface area (Å²) in [5, 5.41) is 6.12. The van der Waals surface area contributed by atoms with Gasteiger partial charge in [-0.25, -0.2) is 4.98 Å². The second-order valence-electron chi connectivity index (χ2n) is 5.28. The molecule has 1 heterocycles. The molecule has 112 valence electrons. The SMILES string of the molecule is CNC1c2cc(OC)ccc2CCC1Sc1nc(C)cs1. The van der Waals surface area contributed by atoms with Crippen LogP contribution in [0.25, 0.3) is 0 Å². The number of nitrogens with zero attached hydrogens (tertiary/aromatic N) is 1. The fourth-order valence-electron chi connectivity index (χ4n) is 2.87. The van der Waals surface area contributed by atoms with Crippen molar-refractivity contribution in [2.75, 3.05) is 14.2 Å². The Morgan fingerprint density at radius 2 is 2.29 bits per heavy atom. The van der Waals surface area contributed by atoms with Crippen molar-refractivity contribution in [3.8, 4) is 5.75 Å². The van der Waals surface area contributed by atoms with Crippen molar-refractivity contribution in [1.82, 2.24) is 10.3 Å². The zero-order valence-electron chi connectivity index (χ0n) is 12.6. The van der Waals surface area contributed by atoms with Crippen LogP contribution in [0.1, 0.15) is 29.3 Å². The standard InChI is InChI=1S/C16H20N2OS2/c1-10-9-20-16(18-10)21-14-7-5-11-4-6-12(19-3)8-13(11)15(14)17-2/h4,6,8-9,14-15,17H,5,7H2,1-3H3. The number of fused-ring (bicyclic) bond motifs is 1. The van der Waals surface area contributed by atoms with Gasteiger partial charge in [0.1, 0.15) is 10.1 Å². The summed E-state index contributed by atoms with van der Waals surface area (Å²) in [6.45, 7) is 2.05. The first-order valence-electron chi connectivity index (χ1n) is 7.14. The molecule has 0 spiro atoms. The average molecular weight is 320 g/mol. The molecule has 3 rings (SSSR count). The third-order valence-corrected chi connectivity index (χ3v) is 6.35. The van der Waals surface area contributed by atoms with Crippen molar-refractivity contribution < 1.29 is 4.74 Å². The van der Waals surface area contributed by atoms with Gasteiger partial charge in [0.15, 0.2) is 0 Å². The summed E-state index contributed by atoms with van der Waals surface area (Å²) in [7, 11) is 3.77. The molecule has 2 atom stereocenters. The van der Waals surface area contributed by atoms with E-state index in [0.29, 0.717) is 11.3 Å². The van der Waals surface area contributed by atoms with Gasteiger partial charge in [-0.15, -0.1) is 11.3 Å². The van der Waals surface area contributed by atoms with Crippen molar-refractivity contribution in [1.29, 1.82) is 0 Å². The van der Waals surface area contributed by atoms with Crippen molar-refractivity contribution in [3.63, 3.8) is 0 Å². The van der Waals surface area contributed by atoms with Gasteiger partial charge in [0.2, 0.25) is 0 Å². The van der Waals surface area contributed by atoms with E-state index in [4.69, 9.17) is 4.74 Å². The van der Waals surface area contributed by atoms with Gasteiger partial charge in [0.25, 0.3) is 0 Å². The molecule has 21 heavy (non-hydrogen) atoms. The van der Waals surface area contributed by atoms with Crippen LogP contribution in [0.15, 0.2) is 27.9 Å². The molecule has 2 unspecified atom stereocenters. The molecule has 0 saturated heterocycles. The molecule has 0 aliphatic heterocycles. The number of thiazole rings is 1. The highest BCUT2D eigenvalue weighted by atomic mass is 32.2. The van der Waals surface area contributed by atoms with E-state index in [1.807, 2.05) is 18.8 Å². The van der Waals surface area contributed by atoms with Crippen LogP contribution in [0.4, 0.5) is 0 Å². The maximum atomic E-state index is 5.39. The second-order valence-corrected chi connectivity index (χ2v) is 7.63. The first-order valence-corrected chi connectivity index (χ1v) is 8.90. The third kappa shape index (κ3) is 3.10. The summed E-state index contributed by atoms with van der Waals surface area (Å²) in [6.07, 6.45) is 2.30. The molecule has 5 heteroatoms. The van der Waals surface area contributed by atoms with Crippen molar-refractivity contribution in [2.24, 2.45) is 0 Å². The normalized spacial score (nSPS) is 21.1. The van der Waals surface area contributed by atoms with Crippen LogP contribution in [-0.4, -0.2) is 24.4 Å². The molecular weight excluding hydrogens is 300 g/mol. The summed E-state index contributed by atoms with van der Waals surface area (Å²) < 4.78 is 6.56. The van der Waals surface area contributed by atoms with Gasteiger partial charge >= 0.3 is 0 Å². The number of hydrogen-bond donors (Lipinski definition) is 1. The Morgan fingerprint density at radius 3 is 2.95 bits per heavy atom. The number of nitrogens with one attached hydrogen (secondary N) is 1. The minimum atomic E-state index is 0.345. The van der Waals surface area contributed by atoms with E-state index >= 15 is 0 Å². The van der Waals surface area contributed by atoms with Crippen molar-refractivity contribution in [3.05, 3.63) is 40.4 Å². The van der Waals surface area contributed by atoms with Gasteiger partial charge in [0.05, 0.1) is 7.11 Å². The van der Waals surface area contributed by atoms with E-state index in [1.54, 1.807) is 18.4 Å². The van der Waals surface area contributed by atoms with E-state index in [9.17, 15) is 0 Å². The molecule has 0 radical (unpaired) electrons. The van der Waals surface area contributed by atoms with Crippen molar-refractivity contribution >= 4 is 23.1 Å². The average Bonchev–Trinajstić information content (AvgIpc) is 2.91. The number of ether oxygens (including phenoxy) is 1. The molecule has 0 amide bonds. The Bertz CT molecular complexity index is 626. The van der Waals surface area contributed by atoms with Crippen LogP contribution in [0.2, 0.25) is 0 Å². The molecule has 1 aliphatic rings. The minimum Gasteiger partial charge on any atom is -0.497 e. The highest BCUT2D eigenvalue weighted by molar-refractivity contribution is 8.01. The Hall–Kier alpha value is -1.04. The molecule has 1 N–H and O–H groups in total. The number of methoxy groups -OCH3 is 1. The zero-order chi connectivity index (χ0) is 14.8. The molecule has 3 nitrogen and oxygen atoms in total. The number of benzene rings is 1. The van der Waals surface area contributed by atoms with Crippen LogP contribution in [0.3, 0.4) is 0 Å². The molecule has 0 saturated carbocycles. The number of rotatable bonds is 4. The molecule has 1 aromatic carbocycles. The smallest absolute Gasteiger partial charge is 0.150 e. The Balaban J connectivity index is 1.86. The van der Waals surface area contributed by atoms with Crippen LogP contribution >= 0.6 is 23.1 Å². The number of aromatic nitrogens is 1. The molecule has 1 aromatic heterocycles.